The molecule has 0 radical (unpaired) electrons. The van der Waals surface area contributed by atoms with Gasteiger partial charge in [0.25, 0.3) is 0 Å². The van der Waals surface area contributed by atoms with Crippen LogP contribution in [0.5, 0.6) is 0 Å². The fourth-order valence-electron chi connectivity index (χ4n) is 1.68. The van der Waals surface area contributed by atoms with Gasteiger partial charge in [-0.05, 0) is 29.7 Å². The fourth-order valence-corrected chi connectivity index (χ4v) is 1.68. The number of carbonyl (C=O) groups is 1. The Morgan fingerprint density at radius 3 is 2.85 bits per heavy atom. The number of nitrogens with zero attached hydrogens (tertiary/aromatic N) is 1. The van der Waals surface area contributed by atoms with Crippen LogP contribution in [0.4, 0.5) is 0 Å². The standard InChI is InChI=1S/C11H9NO/c12-7-8-1-2-9-3-4-11(13)6-10(9)5-8/h1-2,5H,3-4,6H2. The molecule has 1 aromatic rings. The number of fused-ring (bicyclic) bond motifs is 1. The van der Waals surface area contributed by atoms with Gasteiger partial charge in [0.2, 0.25) is 0 Å². The summed E-state index contributed by atoms with van der Waals surface area (Å²) in [5.74, 6) is 0.280. The number of aryl methyl sites for hydroxylation is 1. The summed E-state index contributed by atoms with van der Waals surface area (Å²) in [5.41, 5.74) is 2.90. The third-order valence-corrected chi connectivity index (χ3v) is 2.40. The van der Waals surface area contributed by atoms with E-state index >= 15 is 0 Å². The molecule has 0 aliphatic heterocycles. The Kier molecular flexibility index (Phi) is 1.86. The van der Waals surface area contributed by atoms with Gasteiger partial charge in [0.05, 0.1) is 11.6 Å². The van der Waals surface area contributed by atoms with Crippen molar-refractivity contribution in [2.75, 3.05) is 0 Å². The van der Waals surface area contributed by atoms with E-state index in [9.17, 15) is 4.79 Å². The lowest BCUT2D eigenvalue weighted by Crippen LogP contribution is -2.13. The molecule has 2 nitrogen and oxygen atoms in total. The molecule has 0 amide bonds. The average molecular weight is 171 g/mol. The molecule has 0 spiro atoms. The molecule has 0 aromatic heterocycles. The Morgan fingerprint density at radius 1 is 1.23 bits per heavy atom. The van der Waals surface area contributed by atoms with Gasteiger partial charge >= 0.3 is 0 Å². The molecule has 0 unspecified atom stereocenters. The summed E-state index contributed by atoms with van der Waals surface area (Å²) in [6, 6.07) is 7.68. The van der Waals surface area contributed by atoms with Crippen LogP contribution in [0.25, 0.3) is 0 Å². The smallest absolute Gasteiger partial charge is 0.137 e. The molecule has 64 valence electrons. The van der Waals surface area contributed by atoms with Gasteiger partial charge in [-0.25, -0.2) is 0 Å². The van der Waals surface area contributed by atoms with Gasteiger partial charge in [0, 0.05) is 12.8 Å². The molecular formula is C11H9NO. The number of carbonyl (C=O) groups excluding carboxylic acids is 1. The Balaban J connectivity index is 2.45. The van der Waals surface area contributed by atoms with Crippen LogP contribution < -0.4 is 0 Å². The number of benzene rings is 1. The number of hydrogen-bond acceptors (Lipinski definition) is 2. The van der Waals surface area contributed by atoms with Crippen molar-refractivity contribution < 1.29 is 4.79 Å². The summed E-state index contributed by atoms with van der Waals surface area (Å²) < 4.78 is 0. The first-order valence-electron chi connectivity index (χ1n) is 4.33. The minimum Gasteiger partial charge on any atom is -0.299 e. The minimum absolute atomic E-state index is 0.280. The minimum atomic E-state index is 0.280. The molecule has 0 fully saturated rings. The summed E-state index contributed by atoms with van der Waals surface area (Å²) >= 11 is 0. The second kappa shape index (κ2) is 3.02. The second-order valence-corrected chi connectivity index (χ2v) is 3.31. The molecular weight excluding hydrogens is 162 g/mol. The maximum Gasteiger partial charge on any atom is 0.137 e. The maximum atomic E-state index is 11.1. The molecule has 13 heavy (non-hydrogen) atoms. The number of Topliss-reactive ketones (excluding diaryl/α,β-unsaturated/α-hetero) is 1. The molecule has 0 saturated carbocycles. The van der Waals surface area contributed by atoms with E-state index in [1.165, 1.54) is 5.56 Å². The molecule has 0 heterocycles. The summed E-state index contributed by atoms with van der Waals surface area (Å²) in [5, 5.41) is 8.67. The SMILES string of the molecule is N#Cc1ccc2c(c1)CC(=O)CC2. The van der Waals surface area contributed by atoms with Gasteiger partial charge in [-0.15, -0.1) is 0 Å². The third kappa shape index (κ3) is 1.46. The van der Waals surface area contributed by atoms with Crippen LogP contribution in [0.15, 0.2) is 18.2 Å². The highest BCUT2D eigenvalue weighted by molar-refractivity contribution is 5.83. The van der Waals surface area contributed by atoms with Crippen molar-refractivity contribution in [1.29, 1.82) is 5.26 Å². The lowest BCUT2D eigenvalue weighted by Gasteiger charge is -2.14. The van der Waals surface area contributed by atoms with E-state index < -0.39 is 0 Å². The third-order valence-electron chi connectivity index (χ3n) is 2.40. The Hall–Kier alpha value is -1.62. The first kappa shape index (κ1) is 8.00. The molecule has 1 aliphatic carbocycles. The largest absolute Gasteiger partial charge is 0.299 e. The fraction of sp³-hybridized carbons (Fsp3) is 0.273. The predicted octanol–water partition coefficient (Wildman–Crippen LogP) is 1.62. The van der Waals surface area contributed by atoms with Gasteiger partial charge in [-0.3, -0.25) is 4.79 Å². The normalized spacial score (nSPS) is 14.8. The Bertz CT molecular complexity index is 401. The van der Waals surface area contributed by atoms with Gasteiger partial charge in [0.1, 0.15) is 5.78 Å². The van der Waals surface area contributed by atoms with E-state index in [-0.39, 0.29) is 5.78 Å². The van der Waals surface area contributed by atoms with E-state index in [0.29, 0.717) is 18.4 Å². The van der Waals surface area contributed by atoms with Crippen molar-refractivity contribution >= 4 is 5.78 Å². The zero-order valence-corrected chi connectivity index (χ0v) is 7.21. The number of rotatable bonds is 0. The van der Waals surface area contributed by atoms with E-state index in [1.807, 2.05) is 18.2 Å². The van der Waals surface area contributed by atoms with Crippen molar-refractivity contribution in [2.24, 2.45) is 0 Å². The Labute approximate surface area is 76.8 Å². The lowest BCUT2D eigenvalue weighted by molar-refractivity contribution is -0.118. The molecule has 2 rings (SSSR count). The van der Waals surface area contributed by atoms with Crippen LogP contribution >= 0.6 is 0 Å². The van der Waals surface area contributed by atoms with Gasteiger partial charge in [0.15, 0.2) is 0 Å². The molecule has 1 aromatic carbocycles. The number of nitriles is 1. The first-order chi connectivity index (χ1) is 6.29. The first-order valence-corrected chi connectivity index (χ1v) is 4.33. The number of hydrogen-bond donors (Lipinski definition) is 0. The monoisotopic (exact) mass is 171 g/mol. The highest BCUT2D eigenvalue weighted by Gasteiger charge is 2.15. The van der Waals surface area contributed by atoms with Crippen LogP contribution in [-0.4, -0.2) is 5.78 Å². The van der Waals surface area contributed by atoms with Gasteiger partial charge in [-0.1, -0.05) is 6.07 Å². The van der Waals surface area contributed by atoms with Crippen molar-refractivity contribution in [3.05, 3.63) is 34.9 Å². The summed E-state index contributed by atoms with van der Waals surface area (Å²) in [6.45, 7) is 0. The van der Waals surface area contributed by atoms with E-state index in [0.717, 1.165) is 12.0 Å². The predicted molar refractivity (Wildman–Crippen MR) is 48.2 cm³/mol. The Morgan fingerprint density at radius 2 is 2.08 bits per heavy atom. The van der Waals surface area contributed by atoms with Crippen LogP contribution in [0.3, 0.4) is 0 Å². The quantitative estimate of drug-likeness (QED) is 0.595. The lowest BCUT2D eigenvalue weighted by atomic mass is 9.90. The number of ketones is 1. The second-order valence-electron chi connectivity index (χ2n) is 3.31. The zero-order chi connectivity index (χ0) is 9.26. The highest BCUT2D eigenvalue weighted by Crippen LogP contribution is 2.19. The van der Waals surface area contributed by atoms with Crippen LogP contribution in [-0.2, 0) is 17.6 Å². The molecule has 0 bridgehead atoms. The summed E-state index contributed by atoms with van der Waals surface area (Å²) in [7, 11) is 0. The molecule has 0 saturated heterocycles. The maximum absolute atomic E-state index is 11.1. The zero-order valence-electron chi connectivity index (χ0n) is 7.21. The van der Waals surface area contributed by atoms with Crippen molar-refractivity contribution in [3.8, 4) is 6.07 Å². The van der Waals surface area contributed by atoms with Crippen LogP contribution in [0.1, 0.15) is 23.1 Å². The van der Waals surface area contributed by atoms with Gasteiger partial charge in [-0.2, -0.15) is 5.26 Å². The van der Waals surface area contributed by atoms with E-state index in [2.05, 4.69) is 6.07 Å². The van der Waals surface area contributed by atoms with Crippen molar-refractivity contribution in [2.45, 2.75) is 19.3 Å². The van der Waals surface area contributed by atoms with E-state index in [1.54, 1.807) is 0 Å². The van der Waals surface area contributed by atoms with Gasteiger partial charge < -0.3 is 0 Å². The summed E-state index contributed by atoms with van der Waals surface area (Å²) in [6.07, 6.45) is 1.99. The summed E-state index contributed by atoms with van der Waals surface area (Å²) in [4.78, 5) is 11.1. The molecule has 2 heteroatoms. The molecule has 0 atom stereocenters. The van der Waals surface area contributed by atoms with Crippen LogP contribution in [0.2, 0.25) is 0 Å². The molecule has 0 N–H and O–H groups in total. The van der Waals surface area contributed by atoms with Crippen LogP contribution in [0, 0.1) is 11.3 Å². The van der Waals surface area contributed by atoms with E-state index in [4.69, 9.17) is 5.26 Å². The van der Waals surface area contributed by atoms with Crippen molar-refractivity contribution in [3.63, 3.8) is 0 Å². The average Bonchev–Trinajstić information content (AvgIpc) is 2.16. The molecule has 1 aliphatic rings. The highest BCUT2D eigenvalue weighted by atomic mass is 16.1. The van der Waals surface area contributed by atoms with Crippen molar-refractivity contribution in [1.82, 2.24) is 0 Å². The topological polar surface area (TPSA) is 40.9 Å².